The summed E-state index contributed by atoms with van der Waals surface area (Å²) in [6.07, 6.45) is 6.47. The van der Waals surface area contributed by atoms with Crippen LogP contribution in [0, 0.1) is 0 Å². The highest BCUT2D eigenvalue weighted by Crippen LogP contribution is 2.18. The second-order valence-corrected chi connectivity index (χ2v) is 6.35. The first-order chi connectivity index (χ1) is 12.7. The molecule has 1 N–H and O–H groups in total. The van der Waals surface area contributed by atoms with Crippen LogP contribution in [0.2, 0.25) is 0 Å². The lowest BCUT2D eigenvalue weighted by Gasteiger charge is -2.25. The molecule has 2 amide bonds. The van der Waals surface area contributed by atoms with E-state index in [2.05, 4.69) is 10.3 Å². The number of amides is 2. The summed E-state index contributed by atoms with van der Waals surface area (Å²) in [4.78, 5) is 31.7. The zero-order valence-corrected chi connectivity index (χ0v) is 14.4. The summed E-state index contributed by atoms with van der Waals surface area (Å²) in [6.45, 7) is 1.75. The van der Waals surface area contributed by atoms with E-state index in [0.717, 1.165) is 32.4 Å². The highest BCUT2D eigenvalue weighted by Gasteiger charge is 2.26. The molecule has 4 heterocycles. The molecule has 0 saturated carbocycles. The molecule has 0 atom stereocenters. The number of aromatic nitrogens is 2. The van der Waals surface area contributed by atoms with Gasteiger partial charge in [0.05, 0.1) is 18.3 Å². The number of furan rings is 1. The van der Waals surface area contributed by atoms with Crippen LogP contribution < -0.4 is 5.32 Å². The number of rotatable bonds is 4. The van der Waals surface area contributed by atoms with Crippen LogP contribution in [-0.2, 0) is 6.54 Å². The number of carbonyl (C=O) groups is 2. The van der Waals surface area contributed by atoms with E-state index >= 15 is 0 Å². The van der Waals surface area contributed by atoms with Crippen LogP contribution in [0.4, 0.5) is 0 Å². The second kappa shape index (κ2) is 7.03. The van der Waals surface area contributed by atoms with Crippen molar-refractivity contribution in [2.75, 3.05) is 13.1 Å². The van der Waals surface area contributed by atoms with E-state index in [1.54, 1.807) is 29.0 Å². The molecule has 0 spiro atoms. The van der Waals surface area contributed by atoms with E-state index in [4.69, 9.17) is 4.42 Å². The lowest BCUT2D eigenvalue weighted by molar-refractivity contribution is 0.0721. The third-order valence-electron chi connectivity index (χ3n) is 4.60. The molecule has 4 rings (SSSR count). The molecule has 0 unspecified atom stereocenters. The minimum Gasteiger partial charge on any atom is -0.467 e. The van der Waals surface area contributed by atoms with Crippen molar-refractivity contribution in [1.29, 1.82) is 0 Å². The van der Waals surface area contributed by atoms with Crippen LogP contribution in [0.25, 0.3) is 5.52 Å². The Hall–Kier alpha value is -3.09. The Kier molecular flexibility index (Phi) is 4.43. The van der Waals surface area contributed by atoms with Gasteiger partial charge < -0.3 is 14.6 Å². The summed E-state index contributed by atoms with van der Waals surface area (Å²) in [5, 5.41) is 2.78. The van der Waals surface area contributed by atoms with Gasteiger partial charge in [0.1, 0.15) is 5.76 Å². The summed E-state index contributed by atoms with van der Waals surface area (Å²) >= 11 is 0. The maximum Gasteiger partial charge on any atom is 0.288 e. The SMILES string of the molecule is O=C(NCc1ccco1)c1nc(C(=O)N2CCCCC2)c2ccccn12. The summed E-state index contributed by atoms with van der Waals surface area (Å²) in [6, 6.07) is 9.02. The van der Waals surface area contributed by atoms with E-state index in [1.165, 1.54) is 0 Å². The van der Waals surface area contributed by atoms with Gasteiger partial charge in [0.2, 0.25) is 5.82 Å². The smallest absolute Gasteiger partial charge is 0.288 e. The Bertz CT molecular complexity index is 924. The Balaban J connectivity index is 1.63. The van der Waals surface area contributed by atoms with Gasteiger partial charge in [0, 0.05) is 19.3 Å². The van der Waals surface area contributed by atoms with Gasteiger partial charge in [-0.3, -0.25) is 14.0 Å². The number of nitrogens with one attached hydrogen (secondary N) is 1. The van der Waals surface area contributed by atoms with Crippen molar-refractivity contribution in [1.82, 2.24) is 19.6 Å². The van der Waals surface area contributed by atoms with Crippen LogP contribution in [0.1, 0.15) is 46.1 Å². The number of fused-ring (bicyclic) bond motifs is 1. The van der Waals surface area contributed by atoms with Crippen molar-refractivity contribution < 1.29 is 14.0 Å². The van der Waals surface area contributed by atoms with Gasteiger partial charge in [0.15, 0.2) is 5.69 Å². The molecule has 3 aromatic rings. The number of pyridine rings is 1. The topological polar surface area (TPSA) is 79.8 Å². The van der Waals surface area contributed by atoms with E-state index in [9.17, 15) is 9.59 Å². The fraction of sp³-hybridized carbons (Fsp3) is 0.316. The molecule has 0 aromatic carbocycles. The van der Waals surface area contributed by atoms with Gasteiger partial charge in [-0.15, -0.1) is 0 Å². The first kappa shape index (κ1) is 16.4. The number of piperidine rings is 1. The van der Waals surface area contributed by atoms with Gasteiger partial charge in [0.25, 0.3) is 11.8 Å². The van der Waals surface area contributed by atoms with Crippen molar-refractivity contribution in [3.63, 3.8) is 0 Å². The monoisotopic (exact) mass is 352 g/mol. The third-order valence-corrected chi connectivity index (χ3v) is 4.60. The minimum atomic E-state index is -0.347. The van der Waals surface area contributed by atoms with E-state index < -0.39 is 0 Å². The summed E-state index contributed by atoms with van der Waals surface area (Å²) in [7, 11) is 0. The van der Waals surface area contributed by atoms with Crippen molar-refractivity contribution in [2.45, 2.75) is 25.8 Å². The van der Waals surface area contributed by atoms with Gasteiger partial charge >= 0.3 is 0 Å². The average Bonchev–Trinajstić information content (AvgIpc) is 3.34. The number of imidazole rings is 1. The molecule has 1 fully saturated rings. The van der Waals surface area contributed by atoms with E-state index in [1.807, 2.05) is 23.1 Å². The standard InChI is InChI=1S/C19H20N4O3/c24-18(20-13-14-7-6-12-26-14)17-21-16(15-8-2-5-11-23(15)17)19(25)22-9-3-1-4-10-22/h2,5-8,11-12H,1,3-4,9-10,13H2,(H,20,24). The van der Waals surface area contributed by atoms with Crippen molar-refractivity contribution in [3.05, 3.63) is 60.1 Å². The normalized spacial score (nSPS) is 14.5. The lowest BCUT2D eigenvalue weighted by atomic mass is 10.1. The average molecular weight is 352 g/mol. The summed E-state index contributed by atoms with van der Waals surface area (Å²) < 4.78 is 6.89. The second-order valence-electron chi connectivity index (χ2n) is 6.35. The van der Waals surface area contributed by atoms with Crippen LogP contribution in [0.5, 0.6) is 0 Å². The fourth-order valence-corrected chi connectivity index (χ4v) is 3.26. The highest BCUT2D eigenvalue weighted by molar-refractivity contribution is 6.02. The Morgan fingerprint density at radius 3 is 2.73 bits per heavy atom. The molecule has 134 valence electrons. The first-order valence-corrected chi connectivity index (χ1v) is 8.81. The molecule has 3 aromatic heterocycles. The number of likely N-dealkylation sites (tertiary alicyclic amines) is 1. The molecule has 1 saturated heterocycles. The van der Waals surface area contributed by atoms with E-state index in [0.29, 0.717) is 17.0 Å². The van der Waals surface area contributed by atoms with Crippen LogP contribution in [0.3, 0.4) is 0 Å². The lowest BCUT2D eigenvalue weighted by Crippen LogP contribution is -2.36. The van der Waals surface area contributed by atoms with Gasteiger partial charge in [-0.2, -0.15) is 0 Å². The predicted molar refractivity (Wildman–Crippen MR) is 94.8 cm³/mol. The van der Waals surface area contributed by atoms with Gasteiger partial charge in [-0.05, 0) is 43.5 Å². The first-order valence-electron chi connectivity index (χ1n) is 8.81. The van der Waals surface area contributed by atoms with Gasteiger partial charge in [-0.25, -0.2) is 4.98 Å². The van der Waals surface area contributed by atoms with Crippen molar-refractivity contribution >= 4 is 17.3 Å². The maximum absolute atomic E-state index is 12.9. The third kappa shape index (κ3) is 3.08. The Labute approximate surface area is 150 Å². The molecule has 1 aliphatic rings. The predicted octanol–water partition coefficient (Wildman–Crippen LogP) is 2.48. The number of carbonyl (C=O) groups excluding carboxylic acids is 2. The molecule has 7 heteroatoms. The van der Waals surface area contributed by atoms with Crippen molar-refractivity contribution in [3.8, 4) is 0 Å². The molecule has 0 bridgehead atoms. The zero-order chi connectivity index (χ0) is 17.9. The van der Waals surface area contributed by atoms with Crippen LogP contribution >= 0.6 is 0 Å². The molecule has 7 nitrogen and oxygen atoms in total. The zero-order valence-electron chi connectivity index (χ0n) is 14.4. The van der Waals surface area contributed by atoms with E-state index in [-0.39, 0.29) is 24.2 Å². The van der Waals surface area contributed by atoms with Crippen molar-refractivity contribution in [2.24, 2.45) is 0 Å². The highest BCUT2D eigenvalue weighted by atomic mass is 16.3. The largest absolute Gasteiger partial charge is 0.467 e. The molecular weight excluding hydrogens is 332 g/mol. The number of hydrogen-bond donors (Lipinski definition) is 1. The number of hydrogen-bond acceptors (Lipinski definition) is 4. The van der Waals surface area contributed by atoms with Gasteiger partial charge in [-0.1, -0.05) is 6.07 Å². The van der Waals surface area contributed by atoms with Crippen LogP contribution in [0.15, 0.2) is 47.2 Å². The Morgan fingerprint density at radius 1 is 1.12 bits per heavy atom. The summed E-state index contributed by atoms with van der Waals surface area (Å²) in [5.74, 6) is 0.398. The maximum atomic E-state index is 12.9. The Morgan fingerprint density at radius 2 is 1.96 bits per heavy atom. The number of nitrogens with zero attached hydrogens (tertiary/aromatic N) is 3. The van der Waals surface area contributed by atoms with Crippen LogP contribution in [-0.4, -0.2) is 39.2 Å². The molecule has 0 radical (unpaired) electrons. The summed E-state index contributed by atoms with van der Waals surface area (Å²) in [5.41, 5.74) is 0.974. The fourth-order valence-electron chi connectivity index (χ4n) is 3.26. The quantitative estimate of drug-likeness (QED) is 0.782. The molecule has 0 aliphatic carbocycles. The minimum absolute atomic E-state index is 0.113. The molecular formula is C19H20N4O3. The molecule has 26 heavy (non-hydrogen) atoms. The molecule has 1 aliphatic heterocycles.